The molecule has 11 heavy (non-hydrogen) atoms. The average Bonchev–Trinajstić information content (AvgIpc) is 2.71. The molecule has 1 saturated carbocycles. The molecule has 0 saturated heterocycles. The fraction of sp³-hybridized carbons (Fsp3) is 1.00. The van der Waals surface area contributed by atoms with Gasteiger partial charge in [-0.05, 0) is 25.3 Å². The Labute approximate surface area is 71.6 Å². The maximum atomic E-state index is 3.03. The van der Waals surface area contributed by atoms with Crippen molar-refractivity contribution in [2.45, 2.75) is 53.0 Å². The Morgan fingerprint density at radius 1 is 1.36 bits per heavy atom. The number of hydrogen-bond donors (Lipinski definition) is 1. The normalized spacial score (nSPS) is 19.1. The van der Waals surface area contributed by atoms with Gasteiger partial charge in [0, 0.05) is 6.04 Å². The van der Waals surface area contributed by atoms with Gasteiger partial charge >= 0.3 is 0 Å². The maximum absolute atomic E-state index is 3.03. The third-order valence-corrected chi connectivity index (χ3v) is 2.53. The van der Waals surface area contributed by atoms with Crippen molar-refractivity contribution in [3.63, 3.8) is 0 Å². The monoisotopic (exact) mass is 157 g/mol. The minimum absolute atomic E-state index is 0.634. The average molecular weight is 157 g/mol. The van der Waals surface area contributed by atoms with E-state index in [0.717, 1.165) is 5.41 Å². The summed E-state index contributed by atoms with van der Waals surface area (Å²) in [6.45, 7) is 8.85. The highest BCUT2D eigenvalue weighted by Gasteiger charge is 2.34. The van der Waals surface area contributed by atoms with Crippen molar-refractivity contribution in [2.24, 2.45) is 5.41 Å². The first-order chi connectivity index (χ1) is 5.04. The zero-order valence-corrected chi connectivity index (χ0v) is 8.70. The molecular weight excluding hydrogens is 134 g/mol. The van der Waals surface area contributed by atoms with Gasteiger partial charge in [-0.2, -0.15) is 0 Å². The summed E-state index contributed by atoms with van der Waals surface area (Å²) in [5.41, 5.74) is 0.792. The van der Waals surface area contributed by atoms with Crippen LogP contribution in [0.25, 0.3) is 0 Å². The first-order valence-corrected chi connectivity index (χ1v) is 4.71. The van der Waals surface area contributed by atoms with Crippen LogP contribution < -0.4 is 5.32 Å². The van der Waals surface area contributed by atoms with Gasteiger partial charge in [-0.15, -0.1) is 0 Å². The van der Waals surface area contributed by atoms with E-state index in [4.69, 9.17) is 0 Å². The third-order valence-electron chi connectivity index (χ3n) is 2.53. The van der Waals surface area contributed by atoms with Crippen LogP contribution in [0.5, 0.6) is 0 Å². The number of rotatable bonds is 2. The predicted molar refractivity (Wildman–Crippen MR) is 51.8 cm³/mol. The van der Waals surface area contributed by atoms with Gasteiger partial charge in [-0.1, -0.05) is 34.1 Å². The Kier molecular flexibility index (Phi) is 4.74. The van der Waals surface area contributed by atoms with Crippen LogP contribution in [0.1, 0.15) is 47.0 Å². The Morgan fingerprint density at radius 2 is 1.73 bits per heavy atom. The van der Waals surface area contributed by atoms with Gasteiger partial charge in [-0.25, -0.2) is 0 Å². The van der Waals surface area contributed by atoms with Crippen molar-refractivity contribution in [2.75, 3.05) is 7.05 Å². The zero-order chi connectivity index (χ0) is 8.91. The van der Waals surface area contributed by atoms with E-state index in [2.05, 4.69) is 33.0 Å². The fourth-order valence-corrected chi connectivity index (χ4v) is 0.567. The van der Waals surface area contributed by atoms with E-state index in [9.17, 15) is 0 Å². The largest absolute Gasteiger partial charge is 0.318 e. The van der Waals surface area contributed by atoms with Gasteiger partial charge in [0.2, 0.25) is 0 Å². The summed E-state index contributed by atoms with van der Waals surface area (Å²) in [7, 11) is 1.95. The van der Waals surface area contributed by atoms with Crippen LogP contribution in [0.2, 0.25) is 0 Å². The molecule has 1 N–H and O–H groups in total. The Hall–Kier alpha value is -0.0400. The number of nitrogens with one attached hydrogen (secondary N) is 1. The molecule has 0 aromatic rings. The zero-order valence-electron chi connectivity index (χ0n) is 8.70. The Bertz CT molecular complexity index is 93.0. The highest BCUT2D eigenvalue weighted by atomic mass is 14.8. The van der Waals surface area contributed by atoms with E-state index in [1.807, 2.05) is 7.05 Å². The van der Waals surface area contributed by atoms with Gasteiger partial charge < -0.3 is 5.32 Å². The molecule has 0 unspecified atom stereocenters. The molecule has 0 aromatic heterocycles. The van der Waals surface area contributed by atoms with E-state index < -0.39 is 0 Å². The smallest absolute Gasteiger partial charge is 0.000733 e. The van der Waals surface area contributed by atoms with Crippen LogP contribution >= 0.6 is 0 Å². The predicted octanol–water partition coefficient (Wildman–Crippen LogP) is 2.81. The van der Waals surface area contributed by atoms with Crippen LogP contribution in [-0.4, -0.2) is 13.1 Å². The SMILES string of the molecule is CCC1(C)CC1.CNC(C)C. The lowest BCUT2D eigenvalue weighted by molar-refractivity contribution is 0.551. The van der Waals surface area contributed by atoms with Crippen molar-refractivity contribution in [1.29, 1.82) is 0 Å². The lowest BCUT2D eigenvalue weighted by atomic mass is 10.1. The molecule has 0 heterocycles. The summed E-state index contributed by atoms with van der Waals surface area (Å²) in [6.07, 6.45) is 4.33. The minimum atomic E-state index is 0.634. The third kappa shape index (κ3) is 6.36. The maximum Gasteiger partial charge on any atom is 0.000733 e. The van der Waals surface area contributed by atoms with Gasteiger partial charge in [0.15, 0.2) is 0 Å². The van der Waals surface area contributed by atoms with Crippen LogP contribution in [-0.2, 0) is 0 Å². The molecular formula is C10H23N. The van der Waals surface area contributed by atoms with Crippen LogP contribution in [0.3, 0.4) is 0 Å². The van der Waals surface area contributed by atoms with E-state index in [1.165, 1.54) is 19.3 Å². The molecule has 1 aliphatic rings. The van der Waals surface area contributed by atoms with Crippen LogP contribution in [0.4, 0.5) is 0 Å². The summed E-state index contributed by atoms with van der Waals surface area (Å²) >= 11 is 0. The van der Waals surface area contributed by atoms with Crippen LogP contribution in [0, 0.1) is 5.41 Å². The molecule has 0 aromatic carbocycles. The van der Waals surface area contributed by atoms with E-state index in [-0.39, 0.29) is 0 Å². The first-order valence-electron chi connectivity index (χ1n) is 4.71. The lowest BCUT2D eigenvalue weighted by Gasteiger charge is -1.96. The summed E-state index contributed by atoms with van der Waals surface area (Å²) in [5.74, 6) is 0. The molecule has 0 aliphatic heterocycles. The summed E-state index contributed by atoms with van der Waals surface area (Å²) in [4.78, 5) is 0. The van der Waals surface area contributed by atoms with Crippen molar-refractivity contribution in [3.8, 4) is 0 Å². The molecule has 0 bridgehead atoms. The molecule has 0 spiro atoms. The first kappa shape index (κ1) is 11.0. The van der Waals surface area contributed by atoms with E-state index >= 15 is 0 Å². The summed E-state index contributed by atoms with van der Waals surface area (Å²) in [5, 5.41) is 3.03. The van der Waals surface area contributed by atoms with Crippen LogP contribution in [0.15, 0.2) is 0 Å². The molecule has 1 heteroatoms. The second-order valence-corrected chi connectivity index (χ2v) is 4.11. The molecule has 1 rings (SSSR count). The molecule has 68 valence electrons. The molecule has 1 fully saturated rings. The highest BCUT2D eigenvalue weighted by molar-refractivity contribution is 4.86. The second-order valence-electron chi connectivity index (χ2n) is 4.11. The quantitative estimate of drug-likeness (QED) is 0.650. The Balaban J connectivity index is 0.000000187. The highest BCUT2D eigenvalue weighted by Crippen LogP contribution is 2.47. The van der Waals surface area contributed by atoms with Gasteiger partial charge in [0.1, 0.15) is 0 Å². The topological polar surface area (TPSA) is 12.0 Å². The van der Waals surface area contributed by atoms with Gasteiger partial charge in [0.05, 0.1) is 0 Å². The Morgan fingerprint density at radius 3 is 1.73 bits per heavy atom. The van der Waals surface area contributed by atoms with E-state index in [1.54, 1.807) is 0 Å². The molecule has 0 radical (unpaired) electrons. The molecule has 1 aliphatic carbocycles. The molecule has 0 amide bonds. The van der Waals surface area contributed by atoms with Crippen molar-refractivity contribution < 1.29 is 0 Å². The summed E-state index contributed by atoms with van der Waals surface area (Å²) < 4.78 is 0. The van der Waals surface area contributed by atoms with Gasteiger partial charge in [0.25, 0.3) is 0 Å². The van der Waals surface area contributed by atoms with Gasteiger partial charge in [-0.3, -0.25) is 0 Å². The van der Waals surface area contributed by atoms with Crippen molar-refractivity contribution in [1.82, 2.24) is 5.32 Å². The fourth-order valence-electron chi connectivity index (χ4n) is 0.567. The van der Waals surface area contributed by atoms with Crippen molar-refractivity contribution >= 4 is 0 Å². The lowest BCUT2D eigenvalue weighted by Crippen LogP contribution is -2.15. The molecule has 0 atom stereocenters. The number of hydrogen-bond acceptors (Lipinski definition) is 1. The standard InChI is InChI=1S/C6H12.C4H11N/c1-3-6(2)4-5-6;1-4(2)5-3/h3-5H2,1-2H3;4-5H,1-3H3. The second kappa shape index (κ2) is 4.76. The minimum Gasteiger partial charge on any atom is -0.318 e. The van der Waals surface area contributed by atoms with E-state index in [0.29, 0.717) is 6.04 Å². The summed E-state index contributed by atoms with van der Waals surface area (Å²) in [6, 6.07) is 0.634. The van der Waals surface area contributed by atoms with Crippen molar-refractivity contribution in [3.05, 3.63) is 0 Å². The molecule has 1 nitrogen and oxygen atoms in total.